The lowest BCUT2D eigenvalue weighted by atomic mass is 10.2. The lowest BCUT2D eigenvalue weighted by Crippen LogP contribution is -2.20. The summed E-state index contributed by atoms with van der Waals surface area (Å²) < 4.78 is 25.1. The molecular weight excluding hydrogens is 434 g/mol. The normalized spacial score (nSPS) is 11.2. The van der Waals surface area contributed by atoms with E-state index in [0.717, 1.165) is 23.5 Å². The molecule has 7 nitrogen and oxygen atoms in total. The van der Waals surface area contributed by atoms with Crippen LogP contribution in [0.5, 0.6) is 0 Å². The molecule has 3 aromatic rings. The minimum atomic E-state index is -3.97. The highest BCUT2D eigenvalue weighted by Gasteiger charge is 2.22. The van der Waals surface area contributed by atoms with Gasteiger partial charge < -0.3 is 10.3 Å². The van der Waals surface area contributed by atoms with Crippen molar-refractivity contribution < 1.29 is 13.2 Å². The second kappa shape index (κ2) is 8.81. The van der Waals surface area contributed by atoms with Gasteiger partial charge in [-0.25, -0.2) is 13.4 Å². The lowest BCUT2D eigenvalue weighted by molar-refractivity contribution is -0.113. The Kier molecular flexibility index (Phi) is 6.41. The molecule has 2 aromatic carbocycles. The monoisotopic (exact) mass is 449 g/mol. The highest BCUT2D eigenvalue weighted by Crippen LogP contribution is 2.23. The molecule has 0 saturated heterocycles. The van der Waals surface area contributed by atoms with Gasteiger partial charge in [-0.2, -0.15) is 0 Å². The smallest absolute Gasteiger partial charge is 0.270 e. The first-order chi connectivity index (χ1) is 13.8. The van der Waals surface area contributed by atoms with Crippen LogP contribution in [-0.4, -0.2) is 30.0 Å². The molecule has 0 saturated carbocycles. The Labute approximate surface area is 176 Å². The summed E-state index contributed by atoms with van der Waals surface area (Å²) in [5.41, 5.74) is 0.542. The van der Waals surface area contributed by atoms with Gasteiger partial charge in [-0.15, -0.1) is 0 Å². The minimum Gasteiger partial charge on any atom is -0.325 e. The maximum Gasteiger partial charge on any atom is 0.270 e. The number of carbonyl (C=O) groups is 1. The quantitative estimate of drug-likeness (QED) is 0.441. The van der Waals surface area contributed by atoms with Gasteiger partial charge in [0.2, 0.25) is 15.7 Å². The third-order valence-electron chi connectivity index (χ3n) is 3.97. The van der Waals surface area contributed by atoms with E-state index in [2.05, 4.69) is 15.3 Å². The summed E-state index contributed by atoms with van der Waals surface area (Å²) in [5.74, 6) is -0.344. The summed E-state index contributed by atoms with van der Waals surface area (Å²) in [7, 11) is -3.97. The number of sulfone groups is 1. The number of nitrogens with one attached hydrogen (secondary N) is 2. The van der Waals surface area contributed by atoms with Crippen LogP contribution < -0.4 is 10.9 Å². The fourth-order valence-electron chi connectivity index (χ4n) is 2.42. The summed E-state index contributed by atoms with van der Waals surface area (Å²) in [4.78, 5) is 30.4. The van der Waals surface area contributed by atoms with E-state index in [9.17, 15) is 18.0 Å². The van der Waals surface area contributed by atoms with Gasteiger partial charge in [-0.1, -0.05) is 47.6 Å². The molecule has 0 aliphatic heterocycles. The third-order valence-corrected chi connectivity index (χ3v) is 7.03. The predicted molar refractivity (Wildman–Crippen MR) is 112 cm³/mol. The summed E-state index contributed by atoms with van der Waals surface area (Å²) in [5, 5.41) is 3.41. The van der Waals surface area contributed by atoms with E-state index in [1.807, 2.05) is 0 Å². The number of halogens is 1. The molecule has 29 heavy (non-hydrogen) atoms. The van der Waals surface area contributed by atoms with Crippen LogP contribution in [0.2, 0.25) is 5.02 Å². The lowest BCUT2D eigenvalue weighted by Gasteiger charge is -2.09. The first-order valence-electron chi connectivity index (χ1n) is 8.36. The van der Waals surface area contributed by atoms with Crippen LogP contribution in [0, 0.1) is 6.92 Å². The van der Waals surface area contributed by atoms with Crippen molar-refractivity contribution in [2.24, 2.45) is 0 Å². The van der Waals surface area contributed by atoms with Crippen molar-refractivity contribution in [3.05, 3.63) is 75.7 Å². The zero-order chi connectivity index (χ0) is 21.0. The van der Waals surface area contributed by atoms with Crippen LogP contribution in [-0.2, 0) is 14.6 Å². The minimum absolute atomic E-state index is 0.00368. The molecule has 0 aliphatic rings. The fraction of sp³-hybridized carbons (Fsp3) is 0.105. The van der Waals surface area contributed by atoms with Gasteiger partial charge >= 0.3 is 0 Å². The zero-order valence-corrected chi connectivity index (χ0v) is 17.6. The number of thioether (sulfide) groups is 1. The molecule has 0 atom stereocenters. The Hall–Kier alpha value is -2.62. The van der Waals surface area contributed by atoms with Crippen molar-refractivity contribution in [2.45, 2.75) is 21.9 Å². The third kappa shape index (κ3) is 4.87. The molecule has 150 valence electrons. The molecule has 1 heterocycles. The van der Waals surface area contributed by atoms with Crippen molar-refractivity contribution in [2.75, 3.05) is 11.1 Å². The number of carbonyl (C=O) groups excluding carboxylic acids is 1. The van der Waals surface area contributed by atoms with Gasteiger partial charge in [-0.3, -0.25) is 9.59 Å². The molecule has 0 unspecified atom stereocenters. The molecule has 0 fully saturated rings. The molecule has 1 aromatic heterocycles. The molecule has 1 amide bonds. The van der Waals surface area contributed by atoms with Gasteiger partial charge in [0.25, 0.3) is 5.56 Å². The van der Waals surface area contributed by atoms with Crippen molar-refractivity contribution in [1.82, 2.24) is 9.97 Å². The van der Waals surface area contributed by atoms with Crippen LogP contribution in [0.15, 0.2) is 74.5 Å². The molecule has 3 rings (SSSR count). The number of hydrogen-bond donors (Lipinski definition) is 2. The average Bonchev–Trinajstić information content (AvgIpc) is 2.70. The largest absolute Gasteiger partial charge is 0.325 e. The Morgan fingerprint density at radius 2 is 1.90 bits per heavy atom. The Morgan fingerprint density at radius 1 is 1.17 bits per heavy atom. The van der Waals surface area contributed by atoms with Gasteiger partial charge in [-0.05, 0) is 36.8 Å². The number of rotatable bonds is 6. The summed E-state index contributed by atoms with van der Waals surface area (Å²) in [6.45, 7) is 1.79. The number of aromatic nitrogens is 2. The molecule has 0 bridgehead atoms. The van der Waals surface area contributed by atoms with E-state index in [1.165, 1.54) is 12.1 Å². The maximum absolute atomic E-state index is 12.6. The topological polar surface area (TPSA) is 109 Å². The van der Waals surface area contributed by atoms with Gasteiger partial charge in [0, 0.05) is 10.7 Å². The van der Waals surface area contributed by atoms with Crippen LogP contribution in [0.3, 0.4) is 0 Å². The molecule has 0 spiro atoms. The second-order valence-corrected chi connectivity index (χ2v) is 9.24. The second-order valence-electron chi connectivity index (χ2n) is 5.95. The van der Waals surface area contributed by atoms with Crippen molar-refractivity contribution >= 4 is 44.8 Å². The van der Waals surface area contributed by atoms with Crippen molar-refractivity contribution in [3.8, 4) is 0 Å². The van der Waals surface area contributed by atoms with Gasteiger partial charge in [0.15, 0.2) is 10.1 Å². The summed E-state index contributed by atoms with van der Waals surface area (Å²) in [6, 6.07) is 12.8. The van der Waals surface area contributed by atoms with E-state index in [-0.39, 0.29) is 21.7 Å². The SMILES string of the molecule is Cc1c(Cl)cccc1NC(=O)CSc1ncc(S(=O)(=O)c2ccccc2)c(=O)[nH]1. The van der Waals surface area contributed by atoms with E-state index in [0.29, 0.717) is 10.7 Å². The Bertz CT molecular complexity index is 1210. The molecule has 0 radical (unpaired) electrons. The molecule has 0 aliphatic carbocycles. The van der Waals surface area contributed by atoms with Crippen molar-refractivity contribution in [3.63, 3.8) is 0 Å². The van der Waals surface area contributed by atoms with Crippen molar-refractivity contribution in [1.29, 1.82) is 0 Å². The highest BCUT2D eigenvalue weighted by molar-refractivity contribution is 7.99. The summed E-state index contributed by atoms with van der Waals surface area (Å²) in [6.07, 6.45) is 1.00. The number of amides is 1. The first-order valence-corrected chi connectivity index (χ1v) is 11.2. The summed E-state index contributed by atoms with van der Waals surface area (Å²) >= 11 is 7.01. The highest BCUT2D eigenvalue weighted by atomic mass is 35.5. The number of aromatic amines is 1. The van der Waals surface area contributed by atoms with E-state index < -0.39 is 20.3 Å². The predicted octanol–water partition coefficient (Wildman–Crippen LogP) is 3.30. The van der Waals surface area contributed by atoms with Crippen LogP contribution in [0.1, 0.15) is 5.56 Å². The van der Waals surface area contributed by atoms with Crippen LogP contribution in [0.25, 0.3) is 0 Å². The number of anilines is 1. The number of nitrogens with zero attached hydrogens (tertiary/aromatic N) is 1. The first kappa shape index (κ1) is 21.1. The van der Waals surface area contributed by atoms with Gasteiger partial charge in [0.1, 0.15) is 0 Å². The van der Waals surface area contributed by atoms with Crippen LogP contribution in [0.4, 0.5) is 5.69 Å². The standard InChI is InChI=1S/C19H16ClN3O4S2/c1-12-14(20)8-5-9-15(12)22-17(24)11-28-19-21-10-16(18(25)23-19)29(26,27)13-6-3-2-4-7-13/h2-10H,11H2,1H3,(H,22,24)(H,21,23,25). The number of benzene rings is 2. The molecule has 10 heteroatoms. The average molecular weight is 450 g/mol. The number of hydrogen-bond acceptors (Lipinski definition) is 6. The molecule has 2 N–H and O–H groups in total. The number of H-pyrrole nitrogens is 1. The Morgan fingerprint density at radius 3 is 2.59 bits per heavy atom. The van der Waals surface area contributed by atoms with E-state index in [1.54, 1.807) is 43.3 Å². The van der Waals surface area contributed by atoms with E-state index in [4.69, 9.17) is 11.6 Å². The maximum atomic E-state index is 12.6. The molecular formula is C19H16ClN3O4S2. The fourth-order valence-corrected chi connectivity index (χ4v) is 4.48. The van der Waals surface area contributed by atoms with Crippen LogP contribution >= 0.6 is 23.4 Å². The van der Waals surface area contributed by atoms with E-state index >= 15 is 0 Å². The van der Waals surface area contributed by atoms with Gasteiger partial charge in [0.05, 0.1) is 16.8 Å². The Balaban J connectivity index is 1.70. The zero-order valence-electron chi connectivity index (χ0n) is 15.2.